The van der Waals surface area contributed by atoms with Crippen molar-refractivity contribution < 1.29 is 42.2 Å². The predicted octanol–water partition coefficient (Wildman–Crippen LogP) is 1.60. The smallest absolute Gasteiger partial charge is 0.347 e. The summed E-state index contributed by atoms with van der Waals surface area (Å²) in [6.45, 7) is 2.14. The van der Waals surface area contributed by atoms with E-state index in [1.807, 2.05) is 0 Å². The molecule has 0 aliphatic heterocycles. The van der Waals surface area contributed by atoms with Gasteiger partial charge in [-0.1, -0.05) is 11.6 Å². The second kappa shape index (κ2) is 9.39. The van der Waals surface area contributed by atoms with Crippen LogP contribution in [0.5, 0.6) is 0 Å². The van der Waals surface area contributed by atoms with E-state index in [-0.39, 0.29) is 17.5 Å². The number of carbonyl (C=O) groups excluding carboxylic acids is 3. The van der Waals surface area contributed by atoms with Crippen LogP contribution in [-0.2, 0) is 19.1 Å². The van der Waals surface area contributed by atoms with Crippen LogP contribution in [0, 0.1) is 5.82 Å². The molecule has 0 saturated carbocycles. The summed E-state index contributed by atoms with van der Waals surface area (Å²) in [5.41, 5.74) is -4.35. The second-order valence-corrected chi connectivity index (χ2v) is 6.27. The summed E-state index contributed by atoms with van der Waals surface area (Å²) in [4.78, 5) is 45.6. The van der Waals surface area contributed by atoms with E-state index in [4.69, 9.17) is 27.3 Å². The van der Waals surface area contributed by atoms with Gasteiger partial charge in [-0.15, -0.1) is 0 Å². The lowest BCUT2D eigenvalue weighted by molar-refractivity contribution is -0.155. The first-order chi connectivity index (χ1) is 13.3. The Morgan fingerprint density at radius 1 is 1.34 bits per heavy atom. The number of aliphatic carboxylic acids is 1. The predicted molar refractivity (Wildman–Crippen MR) is 93.5 cm³/mol. The van der Waals surface area contributed by atoms with E-state index < -0.39 is 57.7 Å². The topological polar surface area (TPSA) is 139 Å². The number of nitrogens with one attached hydrogen (secondary N) is 1. The lowest BCUT2D eigenvalue weighted by Gasteiger charge is -2.21. The highest BCUT2D eigenvalue weighted by Crippen LogP contribution is 2.28. The monoisotopic (exact) mass is 437 g/mol. The molecule has 4 N–H and O–H groups in total. The maximum Gasteiger partial charge on any atom is 0.347 e. The summed E-state index contributed by atoms with van der Waals surface area (Å²) in [5.74, 6) is 0.108. The summed E-state index contributed by atoms with van der Waals surface area (Å²) >= 11 is 5.76. The molecule has 0 fully saturated rings. The van der Waals surface area contributed by atoms with Crippen molar-refractivity contribution in [3.63, 3.8) is 0 Å². The number of hydrogen-bond donors (Lipinski definition) is 3. The van der Waals surface area contributed by atoms with Crippen molar-refractivity contribution in [2.45, 2.75) is 25.9 Å². The standard InChI is InChI=1S/C16H15ClF3N3O6/c1-16(2,15(27)28)29-14(26)7-3-11(9(18)4-8(7)17)23(21)12(25)5-10(13(19)20)22-6-24/h3-6,13H,21H2,1-2H3,(H,22,24)(H,27,28)/b10-5-. The highest BCUT2D eigenvalue weighted by Gasteiger charge is 2.33. The minimum atomic E-state index is -3.24. The highest BCUT2D eigenvalue weighted by atomic mass is 35.5. The maximum absolute atomic E-state index is 14.2. The third-order valence-electron chi connectivity index (χ3n) is 3.36. The molecule has 1 rings (SSSR count). The number of nitrogens with zero attached hydrogens (tertiary/aromatic N) is 1. The molecule has 0 unspecified atom stereocenters. The quantitative estimate of drug-likeness (QED) is 0.140. The van der Waals surface area contributed by atoms with Crippen LogP contribution in [0.1, 0.15) is 24.2 Å². The van der Waals surface area contributed by atoms with Crippen molar-refractivity contribution in [2.75, 3.05) is 5.01 Å². The SMILES string of the molecule is CC(C)(OC(=O)c1cc(N(N)C(=O)/C=C(\NC=O)C(F)F)c(F)cc1Cl)C(=O)O. The van der Waals surface area contributed by atoms with E-state index in [0.29, 0.717) is 12.1 Å². The van der Waals surface area contributed by atoms with Crippen LogP contribution in [0.25, 0.3) is 0 Å². The second-order valence-electron chi connectivity index (χ2n) is 5.86. The fourth-order valence-electron chi connectivity index (χ4n) is 1.77. The zero-order valence-electron chi connectivity index (χ0n) is 14.9. The molecule has 1 aromatic rings. The van der Waals surface area contributed by atoms with Gasteiger partial charge in [0.05, 0.1) is 22.0 Å². The molecule has 158 valence electrons. The van der Waals surface area contributed by atoms with Crippen LogP contribution in [0.15, 0.2) is 23.9 Å². The number of ether oxygens (including phenoxy) is 1. The number of anilines is 1. The molecular formula is C16H15ClF3N3O6. The summed E-state index contributed by atoms with van der Waals surface area (Å²) in [5, 5.41) is 10.2. The number of nitrogens with two attached hydrogens (primary N) is 1. The molecule has 13 heteroatoms. The Balaban J connectivity index is 3.30. The fourth-order valence-corrected chi connectivity index (χ4v) is 1.99. The molecule has 0 bridgehead atoms. The van der Waals surface area contributed by atoms with Crippen molar-refractivity contribution in [3.8, 4) is 0 Å². The molecular weight excluding hydrogens is 423 g/mol. The molecule has 1 aromatic carbocycles. The van der Waals surface area contributed by atoms with Crippen LogP contribution in [0.3, 0.4) is 0 Å². The normalized spacial score (nSPS) is 11.8. The first-order valence-corrected chi connectivity index (χ1v) is 7.94. The lowest BCUT2D eigenvalue weighted by atomic mass is 10.1. The van der Waals surface area contributed by atoms with Gasteiger partial charge in [0.15, 0.2) is 0 Å². The number of hydrazine groups is 1. The molecule has 0 radical (unpaired) electrons. The fraction of sp³-hybridized carbons (Fsp3) is 0.250. The largest absolute Gasteiger partial charge is 0.478 e. The van der Waals surface area contributed by atoms with Gasteiger partial charge in [-0.25, -0.2) is 33.6 Å². The number of amides is 2. The van der Waals surface area contributed by atoms with Gasteiger partial charge in [0.1, 0.15) is 5.82 Å². The summed E-state index contributed by atoms with van der Waals surface area (Å²) < 4.78 is 44.4. The third-order valence-corrected chi connectivity index (χ3v) is 3.67. The minimum absolute atomic E-state index is 0.0830. The van der Waals surface area contributed by atoms with E-state index in [0.717, 1.165) is 13.8 Å². The van der Waals surface area contributed by atoms with E-state index in [1.54, 1.807) is 5.32 Å². The van der Waals surface area contributed by atoms with Crippen LogP contribution in [0.4, 0.5) is 18.9 Å². The molecule has 0 spiro atoms. The van der Waals surface area contributed by atoms with E-state index in [9.17, 15) is 32.3 Å². The van der Waals surface area contributed by atoms with Crippen LogP contribution >= 0.6 is 11.6 Å². The summed E-state index contributed by atoms with van der Waals surface area (Å²) in [6, 6.07) is 1.27. The Labute approximate surface area is 166 Å². The number of esters is 1. The molecule has 0 heterocycles. The summed E-state index contributed by atoms with van der Waals surface area (Å²) in [6.07, 6.45) is -3.09. The number of halogens is 4. The Kier molecular flexibility index (Phi) is 7.74. The number of carbonyl (C=O) groups is 4. The molecule has 2 amide bonds. The Morgan fingerprint density at radius 3 is 2.41 bits per heavy atom. The number of allylic oxidation sites excluding steroid dienone is 1. The van der Waals surface area contributed by atoms with Gasteiger partial charge in [0, 0.05) is 6.08 Å². The van der Waals surface area contributed by atoms with Crippen LogP contribution < -0.4 is 16.2 Å². The van der Waals surface area contributed by atoms with Gasteiger partial charge in [-0.3, -0.25) is 9.59 Å². The average molecular weight is 438 g/mol. The molecule has 0 aromatic heterocycles. The molecule has 29 heavy (non-hydrogen) atoms. The van der Waals surface area contributed by atoms with E-state index in [2.05, 4.69) is 0 Å². The van der Waals surface area contributed by atoms with E-state index in [1.165, 1.54) is 0 Å². The molecule has 0 aliphatic rings. The van der Waals surface area contributed by atoms with Gasteiger partial charge in [-0.2, -0.15) is 0 Å². The number of hydrogen-bond acceptors (Lipinski definition) is 6. The average Bonchev–Trinajstić information content (AvgIpc) is 2.59. The van der Waals surface area contributed by atoms with Crippen LogP contribution in [0.2, 0.25) is 5.02 Å². The highest BCUT2D eigenvalue weighted by molar-refractivity contribution is 6.33. The van der Waals surface area contributed by atoms with Crippen LogP contribution in [-0.4, -0.2) is 41.4 Å². The van der Waals surface area contributed by atoms with Gasteiger partial charge < -0.3 is 15.2 Å². The number of alkyl halides is 2. The van der Waals surface area contributed by atoms with Crippen molar-refractivity contribution >= 4 is 41.5 Å². The zero-order chi connectivity index (χ0) is 22.5. The van der Waals surface area contributed by atoms with Crippen molar-refractivity contribution in [1.29, 1.82) is 0 Å². The first-order valence-electron chi connectivity index (χ1n) is 7.56. The van der Waals surface area contributed by atoms with Crippen molar-refractivity contribution in [2.24, 2.45) is 5.84 Å². The van der Waals surface area contributed by atoms with E-state index >= 15 is 0 Å². The molecule has 9 nitrogen and oxygen atoms in total. The molecule has 0 aliphatic carbocycles. The molecule has 0 saturated heterocycles. The lowest BCUT2D eigenvalue weighted by Crippen LogP contribution is -2.39. The van der Waals surface area contributed by atoms with Gasteiger partial charge >= 0.3 is 11.9 Å². The number of carboxylic acids is 1. The number of rotatable bonds is 8. The first kappa shape index (κ1) is 23.9. The van der Waals surface area contributed by atoms with Gasteiger partial charge in [0.25, 0.3) is 12.3 Å². The van der Waals surface area contributed by atoms with Crippen molar-refractivity contribution in [1.82, 2.24) is 5.32 Å². The Morgan fingerprint density at radius 2 is 1.93 bits per heavy atom. The molecule has 0 atom stereocenters. The van der Waals surface area contributed by atoms with Gasteiger partial charge in [-0.05, 0) is 26.0 Å². The summed E-state index contributed by atoms with van der Waals surface area (Å²) in [7, 11) is 0. The van der Waals surface area contributed by atoms with Gasteiger partial charge in [0.2, 0.25) is 12.0 Å². The number of benzene rings is 1. The van der Waals surface area contributed by atoms with Crippen molar-refractivity contribution in [3.05, 3.63) is 40.3 Å². The maximum atomic E-state index is 14.2. The third kappa shape index (κ3) is 5.93. The minimum Gasteiger partial charge on any atom is -0.478 e. The Hall–Kier alpha value is -3.12. The Bertz CT molecular complexity index is 876. The number of carboxylic acid groups (broad SMARTS) is 1. The zero-order valence-corrected chi connectivity index (χ0v) is 15.7.